The molecule has 136 valence electrons. The molecule has 1 aromatic rings. The Bertz CT molecular complexity index is 591. The summed E-state index contributed by atoms with van der Waals surface area (Å²) in [7, 11) is 0. The molecule has 1 atom stereocenters. The van der Waals surface area contributed by atoms with Crippen LogP contribution in [0.3, 0.4) is 0 Å². The monoisotopic (exact) mass is 344 g/mol. The van der Waals surface area contributed by atoms with Gasteiger partial charge in [0.25, 0.3) is 5.91 Å². The second-order valence-corrected chi connectivity index (χ2v) is 7.52. The number of likely N-dealkylation sites (tertiary alicyclic amines) is 1. The molecule has 0 radical (unpaired) electrons. The van der Waals surface area contributed by atoms with Crippen LogP contribution in [0.4, 0.5) is 0 Å². The molecule has 0 spiro atoms. The van der Waals surface area contributed by atoms with E-state index in [2.05, 4.69) is 11.8 Å². The Morgan fingerprint density at radius 1 is 1.12 bits per heavy atom. The Morgan fingerprint density at radius 2 is 1.84 bits per heavy atom. The molecule has 0 bridgehead atoms. The number of amides is 1. The molecule has 2 saturated heterocycles. The Hall–Kier alpha value is -1.59. The summed E-state index contributed by atoms with van der Waals surface area (Å²) in [6.45, 7) is 6.20. The molecule has 25 heavy (non-hydrogen) atoms. The van der Waals surface area contributed by atoms with E-state index in [1.165, 1.54) is 19.4 Å². The molecule has 1 saturated carbocycles. The van der Waals surface area contributed by atoms with E-state index in [1.807, 2.05) is 29.2 Å². The van der Waals surface area contributed by atoms with E-state index in [9.17, 15) is 4.79 Å². The van der Waals surface area contributed by atoms with Gasteiger partial charge in [0.05, 0.1) is 13.2 Å². The maximum absolute atomic E-state index is 12.4. The fourth-order valence-corrected chi connectivity index (χ4v) is 4.22. The van der Waals surface area contributed by atoms with Crippen LogP contribution < -0.4 is 4.74 Å². The van der Waals surface area contributed by atoms with Crippen LogP contribution in [0.5, 0.6) is 5.75 Å². The first-order chi connectivity index (χ1) is 12.2. The summed E-state index contributed by atoms with van der Waals surface area (Å²) in [5.74, 6) is 0.957. The number of nitrogens with zero attached hydrogens (tertiary/aromatic N) is 2. The van der Waals surface area contributed by atoms with Gasteiger partial charge >= 0.3 is 0 Å². The van der Waals surface area contributed by atoms with Gasteiger partial charge in [-0.15, -0.1) is 0 Å². The van der Waals surface area contributed by atoms with Crippen molar-refractivity contribution >= 4 is 5.91 Å². The Kier molecular flexibility index (Phi) is 4.95. The van der Waals surface area contributed by atoms with Crippen LogP contribution in [-0.4, -0.2) is 66.7 Å². The molecule has 4 rings (SSSR count). The van der Waals surface area contributed by atoms with Gasteiger partial charge in [0.15, 0.2) is 0 Å². The second-order valence-electron chi connectivity index (χ2n) is 7.52. The Balaban J connectivity index is 1.27. The minimum atomic E-state index is 0.0848. The Morgan fingerprint density at radius 3 is 2.48 bits per heavy atom. The number of benzene rings is 1. The van der Waals surface area contributed by atoms with E-state index >= 15 is 0 Å². The first-order valence-corrected chi connectivity index (χ1v) is 9.60. The average Bonchev–Trinajstić information content (AvgIpc) is 3.04. The lowest BCUT2D eigenvalue weighted by atomic mass is 9.87. The minimum absolute atomic E-state index is 0.0848. The molecule has 5 nitrogen and oxygen atoms in total. The van der Waals surface area contributed by atoms with E-state index in [-0.39, 0.29) is 5.91 Å². The average molecular weight is 344 g/mol. The molecule has 0 N–H and O–H groups in total. The van der Waals surface area contributed by atoms with Crippen molar-refractivity contribution in [3.8, 4) is 5.75 Å². The predicted octanol–water partition coefficient (Wildman–Crippen LogP) is 2.55. The van der Waals surface area contributed by atoms with Crippen LogP contribution in [-0.2, 0) is 4.74 Å². The molecule has 1 amide bonds. The summed E-state index contributed by atoms with van der Waals surface area (Å²) >= 11 is 0. The number of rotatable bonds is 4. The summed E-state index contributed by atoms with van der Waals surface area (Å²) in [6, 6.07) is 9.05. The zero-order valence-electron chi connectivity index (χ0n) is 15.0. The highest BCUT2D eigenvalue weighted by molar-refractivity contribution is 5.94. The van der Waals surface area contributed by atoms with Gasteiger partial charge in [0.1, 0.15) is 11.9 Å². The van der Waals surface area contributed by atoms with E-state index in [1.54, 1.807) is 0 Å². The Labute approximate surface area is 149 Å². The van der Waals surface area contributed by atoms with Crippen molar-refractivity contribution in [3.63, 3.8) is 0 Å². The zero-order chi connectivity index (χ0) is 17.2. The van der Waals surface area contributed by atoms with E-state index in [0.29, 0.717) is 38.4 Å². The molecule has 1 aromatic carbocycles. The van der Waals surface area contributed by atoms with Gasteiger partial charge in [-0.25, -0.2) is 0 Å². The summed E-state index contributed by atoms with van der Waals surface area (Å²) in [4.78, 5) is 16.9. The zero-order valence-corrected chi connectivity index (χ0v) is 15.0. The van der Waals surface area contributed by atoms with Gasteiger partial charge in [0, 0.05) is 43.6 Å². The van der Waals surface area contributed by atoms with Crippen LogP contribution in [0.25, 0.3) is 0 Å². The largest absolute Gasteiger partial charge is 0.490 e. The topological polar surface area (TPSA) is 42.0 Å². The quantitative estimate of drug-likeness (QED) is 0.842. The lowest BCUT2D eigenvalue weighted by Crippen LogP contribution is -2.50. The molecule has 0 aromatic heterocycles. The van der Waals surface area contributed by atoms with Gasteiger partial charge in [-0.3, -0.25) is 9.69 Å². The molecule has 2 heterocycles. The van der Waals surface area contributed by atoms with Crippen LogP contribution in [0, 0.1) is 0 Å². The third kappa shape index (κ3) is 3.67. The fourth-order valence-electron chi connectivity index (χ4n) is 4.22. The maximum atomic E-state index is 12.4. The molecule has 1 aliphatic carbocycles. The van der Waals surface area contributed by atoms with Crippen molar-refractivity contribution in [2.45, 2.75) is 50.8 Å². The maximum Gasteiger partial charge on any atom is 0.254 e. The van der Waals surface area contributed by atoms with Crippen molar-refractivity contribution < 1.29 is 14.3 Å². The highest BCUT2D eigenvalue weighted by atomic mass is 16.5. The van der Waals surface area contributed by atoms with Crippen molar-refractivity contribution in [2.24, 2.45) is 0 Å². The second kappa shape index (κ2) is 7.34. The summed E-state index contributed by atoms with van der Waals surface area (Å²) < 4.78 is 11.4. The van der Waals surface area contributed by atoms with E-state index in [0.717, 1.165) is 30.2 Å². The summed E-state index contributed by atoms with van der Waals surface area (Å²) in [5, 5.41) is 0. The highest BCUT2D eigenvalue weighted by Gasteiger charge is 2.38. The number of morpholine rings is 1. The van der Waals surface area contributed by atoms with Crippen LogP contribution >= 0.6 is 0 Å². The van der Waals surface area contributed by atoms with Crippen LogP contribution in [0.1, 0.15) is 43.0 Å². The molecular formula is C20H28N2O3. The molecule has 3 fully saturated rings. The number of carbonyl (C=O) groups excluding carboxylic acids is 1. The highest BCUT2D eigenvalue weighted by Crippen LogP contribution is 2.34. The molecular weight excluding hydrogens is 316 g/mol. The third-order valence-electron chi connectivity index (χ3n) is 5.85. The van der Waals surface area contributed by atoms with E-state index < -0.39 is 0 Å². The van der Waals surface area contributed by atoms with Gasteiger partial charge in [-0.2, -0.15) is 0 Å². The van der Waals surface area contributed by atoms with Gasteiger partial charge in [-0.1, -0.05) is 0 Å². The van der Waals surface area contributed by atoms with Crippen molar-refractivity contribution in [1.29, 1.82) is 0 Å². The molecule has 2 aliphatic heterocycles. The third-order valence-corrected chi connectivity index (χ3v) is 5.85. The summed E-state index contributed by atoms with van der Waals surface area (Å²) in [6.07, 6.45) is 5.23. The minimum Gasteiger partial charge on any atom is -0.490 e. The molecule has 5 heteroatoms. The van der Waals surface area contributed by atoms with Gasteiger partial charge in [-0.05, 0) is 50.6 Å². The number of ether oxygens (including phenoxy) is 2. The molecule has 3 aliphatic rings. The number of hydrogen-bond acceptors (Lipinski definition) is 4. The summed E-state index contributed by atoms with van der Waals surface area (Å²) in [5.41, 5.74) is 0.728. The lowest BCUT2D eigenvalue weighted by molar-refractivity contribution is 0.0141. The normalized spacial score (nSPS) is 30.1. The number of hydrogen-bond donors (Lipinski definition) is 0. The first-order valence-electron chi connectivity index (χ1n) is 9.60. The smallest absolute Gasteiger partial charge is 0.254 e. The predicted molar refractivity (Wildman–Crippen MR) is 96.0 cm³/mol. The standard InChI is InChI=1S/C20H28N2O3/c1-15-3-2-8-22(15)17-13-19(14-17)25-18-6-4-16(5-7-18)20(23)21-9-11-24-12-10-21/h4-7,15,17,19H,2-3,8-14H2,1H3/t15-,17?,19?/m0/s1. The molecule has 0 unspecified atom stereocenters. The van der Waals surface area contributed by atoms with Gasteiger partial charge < -0.3 is 14.4 Å². The van der Waals surface area contributed by atoms with Crippen molar-refractivity contribution in [3.05, 3.63) is 29.8 Å². The van der Waals surface area contributed by atoms with Crippen LogP contribution in [0.15, 0.2) is 24.3 Å². The van der Waals surface area contributed by atoms with E-state index in [4.69, 9.17) is 9.47 Å². The SMILES string of the molecule is C[C@H]1CCCN1C1CC(Oc2ccc(C(=O)N3CCOCC3)cc2)C1. The van der Waals surface area contributed by atoms with Crippen LogP contribution in [0.2, 0.25) is 0 Å². The number of carbonyl (C=O) groups is 1. The first kappa shape index (κ1) is 16.9. The van der Waals surface area contributed by atoms with Crippen molar-refractivity contribution in [1.82, 2.24) is 9.80 Å². The lowest BCUT2D eigenvalue weighted by Gasteiger charge is -2.42. The van der Waals surface area contributed by atoms with Crippen molar-refractivity contribution in [2.75, 3.05) is 32.8 Å². The fraction of sp³-hybridized carbons (Fsp3) is 0.650. The van der Waals surface area contributed by atoms with Gasteiger partial charge in [0.2, 0.25) is 0 Å².